The Morgan fingerprint density at radius 3 is 2.27 bits per heavy atom. The Hall–Kier alpha value is -2.63. The minimum absolute atomic E-state index is 0. The van der Waals surface area contributed by atoms with Crippen molar-refractivity contribution in [1.29, 1.82) is 0 Å². The molecule has 0 heterocycles. The van der Waals surface area contributed by atoms with Crippen LogP contribution in [0.5, 0.6) is 0 Å². The van der Waals surface area contributed by atoms with Gasteiger partial charge in [0.1, 0.15) is 5.69 Å². The maximum atomic E-state index is 12.1. The molecule has 138 valence electrons. The van der Waals surface area contributed by atoms with Crippen LogP contribution in [0.15, 0.2) is 54.6 Å². The third kappa shape index (κ3) is 6.02. The lowest BCUT2D eigenvalue weighted by Gasteiger charge is -2.05. The smallest absolute Gasteiger partial charge is 0.338 e. The maximum Gasteiger partial charge on any atom is 0.338 e. The third-order valence-corrected chi connectivity index (χ3v) is 3.63. The van der Waals surface area contributed by atoms with Gasteiger partial charge in [-0.15, -0.1) is 0 Å². The second kappa shape index (κ2) is 10.4. The van der Waals surface area contributed by atoms with Gasteiger partial charge in [0.25, 0.3) is 0 Å². The van der Waals surface area contributed by atoms with Crippen molar-refractivity contribution in [3.63, 3.8) is 0 Å². The quantitative estimate of drug-likeness (QED) is 0.245. The van der Waals surface area contributed by atoms with E-state index >= 15 is 0 Å². The summed E-state index contributed by atoms with van der Waals surface area (Å²) in [5.74, 6) is -0.390. The summed E-state index contributed by atoms with van der Waals surface area (Å²) in [6.07, 6.45) is 5.00. The molecule has 0 bridgehead atoms. The molecule has 0 aliphatic heterocycles. The summed E-state index contributed by atoms with van der Waals surface area (Å²) < 4.78 is 5.67. The first-order chi connectivity index (χ1) is 12.0. The molecule has 1 N–H and O–H groups in total. The largest absolute Gasteiger partial charge is 1.00 e. The van der Waals surface area contributed by atoms with Gasteiger partial charge >= 0.3 is 5.97 Å². The monoisotopic (exact) mass is 374 g/mol. The Morgan fingerprint density at radius 1 is 1.12 bits per heavy atom. The number of carbonyl (C=O) groups excluding carboxylic acids is 1. The van der Waals surface area contributed by atoms with E-state index < -0.39 is 5.97 Å². The number of hydrogen-bond acceptors (Lipinski definition) is 3. The van der Waals surface area contributed by atoms with Crippen LogP contribution >= 0.6 is 0 Å². The van der Waals surface area contributed by atoms with Crippen molar-refractivity contribution in [2.75, 3.05) is 20.7 Å². The first-order valence-corrected chi connectivity index (χ1v) is 8.17. The number of hydrogen-bond donors (Lipinski definition) is 1. The van der Waals surface area contributed by atoms with Gasteiger partial charge in [0.05, 0.1) is 26.3 Å². The van der Waals surface area contributed by atoms with Gasteiger partial charge in [-0.2, -0.15) is 4.74 Å². The fraction of sp³-hybridized carbons (Fsp3) is 0.200. The summed E-state index contributed by atoms with van der Waals surface area (Å²) in [6.45, 7) is 2.08. The highest BCUT2D eigenvalue weighted by molar-refractivity contribution is 5.89. The molecule has 0 amide bonds. The summed E-state index contributed by atoms with van der Waals surface area (Å²) >= 11 is 0. The van der Waals surface area contributed by atoms with Crippen LogP contribution in [0.25, 0.3) is 6.08 Å². The van der Waals surface area contributed by atoms with Crippen LogP contribution in [-0.2, 0) is 4.74 Å². The topological polar surface area (TPSA) is 56.8 Å². The van der Waals surface area contributed by atoms with Crippen LogP contribution in [0.4, 0.5) is 11.4 Å². The molecule has 0 radical (unpaired) electrons. The molecule has 26 heavy (non-hydrogen) atoms. The Morgan fingerprint density at radius 2 is 1.73 bits per heavy atom. The first-order valence-electron chi connectivity index (χ1n) is 8.17. The van der Waals surface area contributed by atoms with Gasteiger partial charge in [0.15, 0.2) is 6.21 Å². The van der Waals surface area contributed by atoms with E-state index in [4.69, 9.17) is 4.74 Å². The van der Waals surface area contributed by atoms with E-state index in [1.165, 1.54) is 16.8 Å². The number of quaternary nitrogens is 1. The van der Waals surface area contributed by atoms with Crippen molar-refractivity contribution in [1.82, 2.24) is 0 Å². The number of carbonyl (C=O) groups is 1. The van der Waals surface area contributed by atoms with Crippen LogP contribution < -0.4 is 17.3 Å². The molecule has 0 fully saturated rings. The molecule has 2 aromatic rings. The zero-order valence-electron chi connectivity index (χ0n) is 15.1. The summed E-state index contributed by atoms with van der Waals surface area (Å²) in [6, 6.07) is 14.5. The predicted octanol–water partition coefficient (Wildman–Crippen LogP) is -0.431. The van der Waals surface area contributed by atoms with E-state index in [0.29, 0.717) is 17.9 Å². The van der Waals surface area contributed by atoms with Gasteiger partial charge in [0, 0.05) is 18.2 Å². The number of nitrogens with zero attached hydrogens (tertiary/aromatic N) is 1. The lowest BCUT2D eigenvalue weighted by molar-refractivity contribution is -0.786. The molecule has 0 aliphatic carbocycles. The molecule has 0 saturated heterocycles. The summed E-state index contributed by atoms with van der Waals surface area (Å²) in [5.41, 5.74) is 3.10. The highest BCUT2D eigenvalue weighted by Gasteiger charge is 2.07. The first kappa shape index (κ1) is 21.4. The number of halogens is 1. The number of allylic oxidation sites excluding steroid dienone is 1. The third-order valence-electron chi connectivity index (χ3n) is 3.63. The van der Waals surface area contributed by atoms with Crippen molar-refractivity contribution in [2.45, 2.75) is 6.92 Å². The molecular formula is C20H23ClN2O3. The lowest BCUT2D eigenvalue weighted by atomic mass is 10.2. The normalized spacial score (nSPS) is 11.5. The molecular weight excluding hydrogens is 352 g/mol. The molecule has 2 rings (SSSR count). The van der Waals surface area contributed by atoms with Gasteiger partial charge in [-0.25, -0.2) is 4.79 Å². The van der Waals surface area contributed by atoms with Gasteiger partial charge in [-0.3, -0.25) is 0 Å². The van der Waals surface area contributed by atoms with Gasteiger partial charge in [-0.1, -0.05) is 0 Å². The molecule has 0 spiro atoms. The van der Waals surface area contributed by atoms with E-state index in [1.807, 2.05) is 18.2 Å². The molecule has 0 aliphatic rings. The van der Waals surface area contributed by atoms with Gasteiger partial charge in [0.2, 0.25) is 5.69 Å². The number of nitrogens with one attached hydrogen (secondary N) is 1. The molecule has 2 aromatic carbocycles. The summed E-state index contributed by atoms with van der Waals surface area (Å²) in [7, 11) is 4.14. The fourth-order valence-electron chi connectivity index (χ4n) is 2.20. The maximum absolute atomic E-state index is 12.1. The van der Waals surface area contributed by atoms with E-state index in [0.717, 1.165) is 10.3 Å². The fourth-order valence-corrected chi connectivity index (χ4v) is 2.20. The highest BCUT2D eigenvalue weighted by atomic mass is 35.5. The average Bonchev–Trinajstić information content (AvgIpc) is 2.62. The van der Waals surface area contributed by atoms with Crippen molar-refractivity contribution >= 4 is 29.6 Å². The van der Waals surface area contributed by atoms with E-state index in [9.17, 15) is 10.0 Å². The van der Waals surface area contributed by atoms with Gasteiger partial charge < -0.3 is 27.3 Å². The second-order valence-electron chi connectivity index (χ2n) is 5.72. The SMILES string of the molecule is CCOC(=O)c1ccc(/[N+]([O-])=C/C=C/c2ccc([NH+](C)C)cc2)cc1.[Cl-]. The van der Waals surface area contributed by atoms with Crippen LogP contribution in [-0.4, -0.2) is 37.6 Å². The molecule has 0 aromatic heterocycles. The number of benzene rings is 2. The highest BCUT2D eigenvalue weighted by Crippen LogP contribution is 2.13. The van der Waals surface area contributed by atoms with Crippen LogP contribution in [0.2, 0.25) is 0 Å². The zero-order chi connectivity index (χ0) is 18.2. The van der Waals surface area contributed by atoms with Crippen molar-refractivity contribution in [3.05, 3.63) is 70.9 Å². The van der Waals surface area contributed by atoms with Crippen LogP contribution in [0, 0.1) is 5.21 Å². The van der Waals surface area contributed by atoms with Gasteiger partial charge in [-0.05, 0) is 55.0 Å². The zero-order valence-corrected chi connectivity index (χ0v) is 15.9. The van der Waals surface area contributed by atoms with E-state index in [1.54, 1.807) is 37.3 Å². The molecule has 5 nitrogen and oxygen atoms in total. The standard InChI is InChI=1S/C20H22N2O3.ClH/c1-4-25-20(23)17-9-13-19(14-10-17)22(24)15-5-6-16-7-11-18(12-8-16)21(2)3;/h5-15H,4H2,1-3H3;1H/b6-5+,22-15-;. The minimum atomic E-state index is -0.390. The predicted molar refractivity (Wildman–Crippen MR) is 99.7 cm³/mol. The number of esters is 1. The molecule has 0 saturated carbocycles. The van der Waals surface area contributed by atoms with E-state index in [-0.39, 0.29) is 12.4 Å². The second-order valence-corrected chi connectivity index (χ2v) is 5.72. The lowest BCUT2D eigenvalue weighted by Crippen LogP contribution is -3.00. The molecule has 6 heteroatoms. The Labute approximate surface area is 160 Å². The Balaban J connectivity index is 0.00000338. The molecule has 0 unspecified atom stereocenters. The average molecular weight is 375 g/mol. The van der Waals surface area contributed by atoms with Crippen LogP contribution in [0.3, 0.4) is 0 Å². The van der Waals surface area contributed by atoms with Crippen molar-refractivity contribution in [2.24, 2.45) is 0 Å². The molecule has 0 atom stereocenters. The number of rotatable bonds is 6. The Bertz CT molecular complexity index is 767. The summed E-state index contributed by atoms with van der Waals surface area (Å²) in [4.78, 5) is 12.8. The minimum Gasteiger partial charge on any atom is -1.00 e. The number of ether oxygens (including phenoxy) is 1. The Kier molecular flexibility index (Phi) is 8.55. The van der Waals surface area contributed by atoms with Crippen LogP contribution in [0.1, 0.15) is 22.8 Å². The summed E-state index contributed by atoms with van der Waals surface area (Å²) in [5, 5.41) is 12.1. The van der Waals surface area contributed by atoms with Crippen molar-refractivity contribution in [3.8, 4) is 0 Å². The van der Waals surface area contributed by atoms with E-state index in [2.05, 4.69) is 26.2 Å². The van der Waals surface area contributed by atoms with Crippen molar-refractivity contribution < 1.29 is 31.6 Å².